The highest BCUT2D eigenvalue weighted by Gasteiger charge is 2.34. The average Bonchev–Trinajstić information content (AvgIpc) is 2.96. The normalized spacial score (nSPS) is 28.7. The molecule has 20 heavy (non-hydrogen) atoms. The molecule has 1 amide bonds. The number of hydrogen-bond donors (Lipinski definition) is 1. The number of amides is 1. The lowest BCUT2D eigenvalue weighted by Gasteiger charge is -2.44. The molecule has 3 fully saturated rings. The molecule has 0 aliphatic carbocycles. The molecule has 3 aliphatic rings. The highest BCUT2D eigenvalue weighted by molar-refractivity contribution is 5.95. The van der Waals surface area contributed by atoms with Gasteiger partial charge in [-0.25, -0.2) is 0 Å². The highest BCUT2D eigenvalue weighted by Crippen LogP contribution is 2.27. The highest BCUT2D eigenvalue weighted by atomic mass is 16.1. The lowest BCUT2D eigenvalue weighted by molar-refractivity contribution is 0.0620. The van der Waals surface area contributed by atoms with E-state index < -0.39 is 0 Å². The number of fused-ring (bicyclic) bond motifs is 4. The van der Waals surface area contributed by atoms with Gasteiger partial charge in [0.15, 0.2) is 0 Å². The van der Waals surface area contributed by atoms with E-state index in [9.17, 15) is 4.79 Å². The summed E-state index contributed by atoms with van der Waals surface area (Å²) >= 11 is 0. The molecule has 0 aromatic carbocycles. The van der Waals surface area contributed by atoms with Crippen LogP contribution < -0.4 is 5.32 Å². The van der Waals surface area contributed by atoms with Gasteiger partial charge >= 0.3 is 0 Å². The van der Waals surface area contributed by atoms with Crippen molar-refractivity contribution in [2.24, 2.45) is 5.92 Å². The van der Waals surface area contributed by atoms with E-state index in [4.69, 9.17) is 0 Å². The minimum absolute atomic E-state index is 0.0625. The van der Waals surface area contributed by atoms with E-state index in [0.717, 1.165) is 17.6 Å². The largest absolute Gasteiger partial charge is 0.348 e. The molecule has 2 aromatic heterocycles. The smallest absolute Gasteiger partial charge is 0.251 e. The Hall–Kier alpha value is -1.81. The molecule has 2 bridgehead atoms. The Morgan fingerprint density at radius 1 is 1.20 bits per heavy atom. The van der Waals surface area contributed by atoms with Crippen molar-refractivity contribution in [3.05, 3.63) is 42.2 Å². The van der Waals surface area contributed by atoms with E-state index in [1.807, 2.05) is 41.1 Å². The number of nitrogens with one attached hydrogen (secondary N) is 1. The van der Waals surface area contributed by atoms with Crippen LogP contribution in [0.4, 0.5) is 0 Å². The molecule has 0 unspecified atom stereocenters. The van der Waals surface area contributed by atoms with E-state index in [2.05, 4.69) is 10.2 Å². The van der Waals surface area contributed by atoms with Gasteiger partial charge in [0.05, 0.1) is 0 Å². The third-order valence-electron chi connectivity index (χ3n) is 4.76. The number of pyridine rings is 1. The van der Waals surface area contributed by atoms with Crippen molar-refractivity contribution >= 4 is 11.4 Å². The van der Waals surface area contributed by atoms with Crippen LogP contribution in [0.2, 0.25) is 0 Å². The van der Waals surface area contributed by atoms with Crippen molar-refractivity contribution in [2.75, 3.05) is 19.6 Å². The fourth-order valence-corrected chi connectivity index (χ4v) is 3.55. The Balaban J connectivity index is 1.52. The van der Waals surface area contributed by atoms with Crippen molar-refractivity contribution in [2.45, 2.75) is 18.9 Å². The lowest BCUT2D eigenvalue weighted by Crippen LogP contribution is -2.57. The van der Waals surface area contributed by atoms with Gasteiger partial charge in [-0.3, -0.25) is 4.79 Å². The molecule has 4 heteroatoms. The summed E-state index contributed by atoms with van der Waals surface area (Å²) in [5, 5.41) is 3.23. The number of aromatic nitrogens is 1. The Labute approximate surface area is 118 Å². The van der Waals surface area contributed by atoms with Crippen molar-refractivity contribution < 1.29 is 4.79 Å². The SMILES string of the molecule is O=C(N[C@H]1CN2CCC1CC2)c1ccn2cccc2c1. The van der Waals surface area contributed by atoms with Gasteiger partial charge in [-0.05, 0) is 56.1 Å². The summed E-state index contributed by atoms with van der Waals surface area (Å²) in [6.07, 6.45) is 6.39. The summed E-state index contributed by atoms with van der Waals surface area (Å²) in [6, 6.07) is 8.18. The van der Waals surface area contributed by atoms with Crippen LogP contribution in [0, 0.1) is 5.92 Å². The summed E-state index contributed by atoms with van der Waals surface area (Å²) in [7, 11) is 0. The number of carbonyl (C=O) groups excluding carboxylic acids is 1. The monoisotopic (exact) mass is 269 g/mol. The van der Waals surface area contributed by atoms with E-state index in [-0.39, 0.29) is 5.91 Å². The number of hydrogen-bond acceptors (Lipinski definition) is 2. The van der Waals surface area contributed by atoms with Gasteiger partial charge in [0.1, 0.15) is 0 Å². The van der Waals surface area contributed by atoms with Crippen LogP contribution >= 0.6 is 0 Å². The van der Waals surface area contributed by atoms with Crippen LogP contribution in [0.1, 0.15) is 23.2 Å². The Morgan fingerprint density at radius 3 is 2.80 bits per heavy atom. The fraction of sp³-hybridized carbons (Fsp3) is 0.438. The summed E-state index contributed by atoms with van der Waals surface area (Å²) < 4.78 is 2.02. The molecule has 4 nitrogen and oxygen atoms in total. The van der Waals surface area contributed by atoms with Gasteiger partial charge in [-0.2, -0.15) is 0 Å². The van der Waals surface area contributed by atoms with Gasteiger partial charge in [0, 0.05) is 36.1 Å². The molecule has 3 saturated heterocycles. The van der Waals surface area contributed by atoms with Crippen molar-refractivity contribution in [1.82, 2.24) is 14.6 Å². The molecule has 0 spiro atoms. The van der Waals surface area contributed by atoms with Crippen molar-refractivity contribution in [3.63, 3.8) is 0 Å². The molecule has 104 valence electrons. The van der Waals surface area contributed by atoms with E-state index in [1.54, 1.807) is 0 Å². The predicted octanol–water partition coefficient (Wildman–Crippen LogP) is 1.76. The lowest BCUT2D eigenvalue weighted by atomic mass is 9.84. The first kappa shape index (κ1) is 12.0. The van der Waals surface area contributed by atoms with Gasteiger partial charge in [0.25, 0.3) is 5.91 Å². The zero-order valence-corrected chi connectivity index (χ0v) is 11.5. The Morgan fingerprint density at radius 2 is 2.05 bits per heavy atom. The predicted molar refractivity (Wildman–Crippen MR) is 77.8 cm³/mol. The summed E-state index contributed by atoms with van der Waals surface area (Å²) in [5.74, 6) is 0.730. The minimum Gasteiger partial charge on any atom is -0.348 e. The van der Waals surface area contributed by atoms with Gasteiger partial charge in [-0.15, -0.1) is 0 Å². The Bertz CT molecular complexity index is 640. The van der Waals surface area contributed by atoms with Gasteiger partial charge in [0.2, 0.25) is 0 Å². The van der Waals surface area contributed by atoms with Crippen LogP contribution in [0.5, 0.6) is 0 Å². The van der Waals surface area contributed by atoms with E-state index in [1.165, 1.54) is 25.9 Å². The van der Waals surface area contributed by atoms with Gasteiger partial charge in [-0.1, -0.05) is 0 Å². The summed E-state index contributed by atoms with van der Waals surface area (Å²) in [5.41, 5.74) is 1.82. The van der Waals surface area contributed by atoms with Crippen LogP contribution in [-0.2, 0) is 0 Å². The average molecular weight is 269 g/mol. The zero-order chi connectivity index (χ0) is 13.5. The molecule has 1 atom stereocenters. The van der Waals surface area contributed by atoms with Crippen LogP contribution in [0.15, 0.2) is 36.7 Å². The number of rotatable bonds is 2. The second kappa shape index (κ2) is 4.63. The topological polar surface area (TPSA) is 36.8 Å². The molecular weight excluding hydrogens is 250 g/mol. The maximum atomic E-state index is 12.4. The second-order valence-electron chi connectivity index (χ2n) is 5.97. The number of nitrogens with zero attached hydrogens (tertiary/aromatic N) is 2. The molecule has 3 aliphatic heterocycles. The summed E-state index contributed by atoms with van der Waals surface area (Å²) in [4.78, 5) is 14.9. The maximum Gasteiger partial charge on any atom is 0.251 e. The first-order valence-corrected chi connectivity index (χ1v) is 7.39. The van der Waals surface area contributed by atoms with E-state index >= 15 is 0 Å². The Kier molecular flexibility index (Phi) is 2.77. The van der Waals surface area contributed by atoms with Gasteiger partial charge < -0.3 is 14.6 Å². The van der Waals surface area contributed by atoms with Crippen molar-refractivity contribution in [3.8, 4) is 0 Å². The third kappa shape index (κ3) is 2.00. The number of carbonyl (C=O) groups is 1. The van der Waals surface area contributed by atoms with Crippen LogP contribution in [0.25, 0.3) is 5.52 Å². The second-order valence-corrected chi connectivity index (χ2v) is 5.97. The molecule has 1 N–H and O–H groups in total. The summed E-state index contributed by atoms with van der Waals surface area (Å²) in [6.45, 7) is 3.42. The first-order valence-electron chi connectivity index (χ1n) is 7.39. The molecule has 5 rings (SSSR count). The van der Waals surface area contributed by atoms with E-state index in [0.29, 0.717) is 12.0 Å². The molecular formula is C16H19N3O. The fourth-order valence-electron chi connectivity index (χ4n) is 3.55. The van der Waals surface area contributed by atoms with Crippen molar-refractivity contribution in [1.29, 1.82) is 0 Å². The van der Waals surface area contributed by atoms with Crippen LogP contribution in [-0.4, -0.2) is 40.9 Å². The molecule has 2 aromatic rings. The maximum absolute atomic E-state index is 12.4. The third-order valence-corrected chi connectivity index (χ3v) is 4.76. The first-order chi connectivity index (χ1) is 9.79. The quantitative estimate of drug-likeness (QED) is 0.902. The molecule has 0 radical (unpaired) electrons. The standard InChI is InChI=1S/C16H19N3O/c20-16(13-5-9-19-6-1-2-14(19)10-13)17-15-11-18-7-3-12(15)4-8-18/h1-2,5-6,9-10,12,15H,3-4,7-8,11H2,(H,17,20)/t15-/m0/s1. The minimum atomic E-state index is 0.0625. The molecule has 0 saturated carbocycles. The zero-order valence-electron chi connectivity index (χ0n) is 11.5. The van der Waals surface area contributed by atoms with Crippen LogP contribution in [0.3, 0.4) is 0 Å². The molecule has 5 heterocycles. The number of piperidine rings is 3.